The molecule has 1 atom stereocenters. The number of hydrogen-bond donors (Lipinski definition) is 2. The Bertz CT molecular complexity index is 701. The number of hydrogen-bond acceptors (Lipinski definition) is 4. The molecule has 0 aromatic heterocycles. The number of carbonyl (C=O) groups excluding carboxylic acids is 3. The minimum Gasteiger partial charge on any atom is -0.325 e. The van der Waals surface area contributed by atoms with Gasteiger partial charge in [-0.1, -0.05) is 6.07 Å². The fourth-order valence-corrected chi connectivity index (χ4v) is 3.26. The van der Waals surface area contributed by atoms with Crippen molar-refractivity contribution in [2.24, 2.45) is 0 Å². The molecule has 1 aliphatic carbocycles. The summed E-state index contributed by atoms with van der Waals surface area (Å²) in [6.07, 6.45) is 0.968. The Morgan fingerprint density at radius 2 is 2.00 bits per heavy atom. The number of urea groups is 1. The van der Waals surface area contributed by atoms with Crippen LogP contribution in [0.1, 0.15) is 11.1 Å². The van der Waals surface area contributed by atoms with Crippen molar-refractivity contribution < 1.29 is 14.4 Å². The first-order chi connectivity index (χ1) is 10.8. The Morgan fingerprint density at radius 1 is 1.30 bits per heavy atom. The van der Waals surface area contributed by atoms with Crippen LogP contribution in [0.5, 0.6) is 0 Å². The van der Waals surface area contributed by atoms with Crippen LogP contribution < -0.4 is 10.6 Å². The van der Waals surface area contributed by atoms with Crippen molar-refractivity contribution in [3.8, 4) is 0 Å². The molecule has 0 bridgehead atoms. The summed E-state index contributed by atoms with van der Waals surface area (Å²) in [5, 5.41) is 5.23. The zero-order valence-corrected chi connectivity index (χ0v) is 13.5. The van der Waals surface area contributed by atoms with Crippen LogP contribution in [0, 0.1) is 0 Å². The zero-order valence-electron chi connectivity index (χ0n) is 13.5. The summed E-state index contributed by atoms with van der Waals surface area (Å²) in [5.41, 5.74) is 1.91. The van der Waals surface area contributed by atoms with Gasteiger partial charge in [0.05, 0.1) is 6.54 Å². The summed E-state index contributed by atoms with van der Waals surface area (Å²) in [4.78, 5) is 39.1. The molecule has 122 valence electrons. The van der Waals surface area contributed by atoms with Crippen LogP contribution >= 0.6 is 0 Å². The highest BCUT2D eigenvalue weighted by Gasteiger charge is 2.54. The summed E-state index contributed by atoms with van der Waals surface area (Å²) in [7, 11) is 5.31. The number of rotatable bonds is 3. The highest BCUT2D eigenvalue weighted by molar-refractivity contribution is 6.07. The number of fused-ring (bicyclic) bond motifs is 1. The van der Waals surface area contributed by atoms with Gasteiger partial charge >= 0.3 is 6.03 Å². The van der Waals surface area contributed by atoms with Crippen LogP contribution in [0.15, 0.2) is 18.2 Å². The van der Waals surface area contributed by atoms with Crippen molar-refractivity contribution in [3.05, 3.63) is 29.3 Å². The Hall–Kier alpha value is -2.41. The smallest absolute Gasteiger partial charge is 0.324 e. The number of nitrogens with one attached hydrogen (secondary N) is 2. The molecular weight excluding hydrogens is 296 g/mol. The summed E-state index contributed by atoms with van der Waals surface area (Å²) < 4.78 is 0. The molecule has 23 heavy (non-hydrogen) atoms. The minimum atomic E-state index is -0.828. The number of amides is 4. The third kappa shape index (κ3) is 2.57. The monoisotopic (exact) mass is 316 g/mol. The summed E-state index contributed by atoms with van der Waals surface area (Å²) in [6.45, 7) is 0.306. The van der Waals surface area contributed by atoms with E-state index < -0.39 is 5.54 Å². The third-order valence-corrected chi connectivity index (χ3v) is 4.51. The lowest BCUT2D eigenvalue weighted by Gasteiger charge is -2.27. The van der Waals surface area contributed by atoms with Gasteiger partial charge in [-0.05, 0) is 37.4 Å². The van der Waals surface area contributed by atoms with Crippen LogP contribution in [0.2, 0.25) is 0 Å². The number of carbonyl (C=O) groups is 3. The van der Waals surface area contributed by atoms with Crippen molar-refractivity contribution in [1.29, 1.82) is 0 Å². The van der Waals surface area contributed by atoms with Gasteiger partial charge in [0.1, 0.15) is 5.54 Å². The molecule has 0 radical (unpaired) electrons. The summed E-state index contributed by atoms with van der Waals surface area (Å²) in [5.74, 6) is -0.340. The summed E-state index contributed by atoms with van der Waals surface area (Å²) >= 11 is 0. The van der Waals surface area contributed by atoms with Crippen molar-refractivity contribution >= 4 is 23.5 Å². The molecule has 1 heterocycles. The molecule has 1 fully saturated rings. The first-order valence-corrected chi connectivity index (χ1v) is 7.47. The van der Waals surface area contributed by atoms with E-state index in [2.05, 4.69) is 10.6 Å². The minimum absolute atomic E-state index is 0.0893. The van der Waals surface area contributed by atoms with E-state index in [0.717, 1.165) is 11.1 Å². The van der Waals surface area contributed by atoms with Gasteiger partial charge in [-0.15, -0.1) is 0 Å². The molecule has 1 aromatic carbocycles. The molecule has 1 spiro atoms. The van der Waals surface area contributed by atoms with Crippen LogP contribution in [0.25, 0.3) is 0 Å². The molecule has 7 heteroatoms. The molecule has 1 unspecified atom stereocenters. The lowest BCUT2D eigenvalue weighted by molar-refractivity contribution is -0.125. The largest absolute Gasteiger partial charge is 0.325 e. The quantitative estimate of drug-likeness (QED) is 0.781. The maximum Gasteiger partial charge on any atom is 0.324 e. The SMILES string of the molecule is CN(C)CC(=O)Nc1ccc2c(c1)CC1(C2)C(=O)NC(=O)N1C. The van der Waals surface area contributed by atoms with Crippen LogP contribution in [0.3, 0.4) is 0 Å². The Kier molecular flexibility index (Phi) is 3.60. The lowest BCUT2D eigenvalue weighted by Crippen LogP contribution is -2.48. The second-order valence-electron chi connectivity index (χ2n) is 6.47. The van der Waals surface area contributed by atoms with Gasteiger partial charge in [0.15, 0.2) is 0 Å². The number of imide groups is 1. The molecule has 7 nitrogen and oxygen atoms in total. The average Bonchev–Trinajstić information content (AvgIpc) is 2.93. The molecule has 1 aliphatic heterocycles. The van der Waals surface area contributed by atoms with E-state index in [9.17, 15) is 14.4 Å². The normalized spacial score (nSPS) is 22.7. The number of likely N-dealkylation sites (N-methyl/N-ethyl adjacent to an activating group) is 2. The highest BCUT2D eigenvalue weighted by Crippen LogP contribution is 2.38. The Morgan fingerprint density at radius 3 is 2.61 bits per heavy atom. The van der Waals surface area contributed by atoms with Gasteiger partial charge in [0.25, 0.3) is 5.91 Å². The summed E-state index contributed by atoms with van der Waals surface area (Å²) in [6, 6.07) is 5.28. The maximum atomic E-state index is 12.2. The van der Waals surface area contributed by atoms with E-state index in [1.165, 1.54) is 4.90 Å². The van der Waals surface area contributed by atoms with Gasteiger partial charge in [0, 0.05) is 25.6 Å². The zero-order chi connectivity index (χ0) is 16.8. The predicted molar refractivity (Wildman–Crippen MR) is 85.1 cm³/mol. The first kappa shape index (κ1) is 15.5. The van der Waals surface area contributed by atoms with Gasteiger partial charge in [-0.3, -0.25) is 14.9 Å². The molecule has 3 rings (SSSR count). The first-order valence-electron chi connectivity index (χ1n) is 7.47. The number of anilines is 1. The third-order valence-electron chi connectivity index (χ3n) is 4.51. The maximum absolute atomic E-state index is 12.2. The van der Waals surface area contributed by atoms with Crippen LogP contribution in [0.4, 0.5) is 10.5 Å². The van der Waals surface area contributed by atoms with E-state index >= 15 is 0 Å². The molecule has 1 aromatic rings. The topological polar surface area (TPSA) is 81.8 Å². The fourth-order valence-electron chi connectivity index (χ4n) is 3.26. The van der Waals surface area contributed by atoms with E-state index in [1.54, 1.807) is 11.9 Å². The molecule has 4 amide bonds. The second-order valence-corrected chi connectivity index (χ2v) is 6.47. The molecule has 0 saturated carbocycles. The van der Waals surface area contributed by atoms with E-state index in [-0.39, 0.29) is 17.8 Å². The van der Waals surface area contributed by atoms with Crippen LogP contribution in [-0.4, -0.2) is 60.9 Å². The number of benzene rings is 1. The van der Waals surface area contributed by atoms with Crippen LogP contribution in [-0.2, 0) is 22.4 Å². The van der Waals surface area contributed by atoms with Gasteiger partial charge in [-0.2, -0.15) is 0 Å². The van der Waals surface area contributed by atoms with Crippen molar-refractivity contribution in [2.45, 2.75) is 18.4 Å². The molecular formula is C16H20N4O3. The molecule has 2 aliphatic rings. The standard InChI is InChI=1S/C16H20N4O3/c1-19(2)9-13(21)17-12-5-4-10-7-16(8-11(10)6-12)14(22)18-15(23)20(16)3/h4-6H,7-9H2,1-3H3,(H,17,21)(H,18,22,23). The Balaban J connectivity index is 1.80. The predicted octanol–water partition coefficient (Wildman–Crippen LogP) is 0.206. The Labute approximate surface area is 134 Å². The second kappa shape index (κ2) is 5.34. The van der Waals surface area contributed by atoms with E-state index in [1.807, 2.05) is 32.3 Å². The molecule has 1 saturated heterocycles. The molecule has 2 N–H and O–H groups in total. The lowest BCUT2D eigenvalue weighted by atomic mass is 9.95. The number of nitrogens with zero attached hydrogens (tertiary/aromatic N) is 2. The van der Waals surface area contributed by atoms with Crippen molar-refractivity contribution in [2.75, 3.05) is 33.0 Å². The van der Waals surface area contributed by atoms with Crippen molar-refractivity contribution in [3.63, 3.8) is 0 Å². The van der Waals surface area contributed by atoms with E-state index in [0.29, 0.717) is 25.1 Å². The average molecular weight is 316 g/mol. The van der Waals surface area contributed by atoms with E-state index in [4.69, 9.17) is 0 Å². The van der Waals surface area contributed by atoms with Gasteiger partial charge < -0.3 is 15.1 Å². The van der Waals surface area contributed by atoms with Gasteiger partial charge in [-0.25, -0.2) is 4.79 Å². The van der Waals surface area contributed by atoms with Crippen molar-refractivity contribution in [1.82, 2.24) is 15.1 Å². The fraction of sp³-hybridized carbons (Fsp3) is 0.438. The van der Waals surface area contributed by atoms with Gasteiger partial charge in [0.2, 0.25) is 5.91 Å². The highest BCUT2D eigenvalue weighted by atomic mass is 16.2.